The largest absolute Gasteiger partial charge is 0.486 e. The molecule has 0 aliphatic carbocycles. The summed E-state index contributed by atoms with van der Waals surface area (Å²) in [5, 5.41) is 5.04. The Balaban J connectivity index is 1.34. The number of sulfonamides is 1. The molecular weight excluding hydrogens is 462 g/mol. The predicted octanol–water partition coefficient (Wildman–Crippen LogP) is 0.670. The molecule has 0 aromatic heterocycles. The Kier molecular flexibility index (Phi) is 7.66. The Morgan fingerprint density at radius 2 is 1.68 bits per heavy atom. The molecule has 10 nitrogen and oxygen atoms in total. The molecule has 2 amide bonds. The third-order valence-corrected chi connectivity index (χ3v) is 7.34. The second-order valence-electron chi connectivity index (χ2n) is 7.80. The first-order valence-corrected chi connectivity index (χ1v) is 12.5. The zero-order valence-corrected chi connectivity index (χ0v) is 19.4. The van der Waals surface area contributed by atoms with Crippen LogP contribution in [0, 0.1) is 0 Å². The highest BCUT2D eigenvalue weighted by Gasteiger charge is 2.35. The predicted molar refractivity (Wildman–Crippen MR) is 122 cm³/mol. The Bertz CT molecular complexity index is 1120. The van der Waals surface area contributed by atoms with Crippen molar-refractivity contribution in [3.05, 3.63) is 54.1 Å². The van der Waals surface area contributed by atoms with E-state index in [9.17, 15) is 18.0 Å². The molecule has 2 N–H and O–H groups in total. The first-order valence-electron chi connectivity index (χ1n) is 11.1. The third kappa shape index (κ3) is 5.66. The molecule has 2 aliphatic heterocycles. The minimum absolute atomic E-state index is 0.0391. The number of nitrogens with one attached hydrogen (secondary N) is 2. The molecule has 4 rings (SSSR count). The number of fused-ring (bicyclic) bond motifs is 1. The molecule has 11 heteroatoms. The topological polar surface area (TPSA) is 123 Å². The second kappa shape index (κ2) is 10.9. The van der Waals surface area contributed by atoms with Crippen LogP contribution in [0.4, 0.5) is 0 Å². The molecule has 0 radical (unpaired) electrons. The highest BCUT2D eigenvalue weighted by Crippen LogP contribution is 2.34. The number of rotatable bonds is 7. The zero-order valence-electron chi connectivity index (χ0n) is 18.6. The highest BCUT2D eigenvalue weighted by atomic mass is 32.2. The van der Waals surface area contributed by atoms with Crippen LogP contribution in [-0.2, 0) is 30.8 Å². The van der Waals surface area contributed by atoms with E-state index in [1.807, 2.05) is 30.3 Å². The van der Waals surface area contributed by atoms with E-state index in [0.29, 0.717) is 50.7 Å². The molecule has 182 valence electrons. The van der Waals surface area contributed by atoms with Gasteiger partial charge in [-0.2, -0.15) is 4.31 Å². The van der Waals surface area contributed by atoms with Gasteiger partial charge in [-0.25, -0.2) is 8.42 Å². The first-order chi connectivity index (χ1) is 16.4. The second-order valence-corrected chi connectivity index (χ2v) is 9.69. The van der Waals surface area contributed by atoms with Crippen LogP contribution in [0.25, 0.3) is 0 Å². The number of hydrogen-bond acceptors (Lipinski definition) is 7. The summed E-state index contributed by atoms with van der Waals surface area (Å²) >= 11 is 0. The molecule has 1 fully saturated rings. The van der Waals surface area contributed by atoms with Crippen LogP contribution < -0.4 is 20.1 Å². The van der Waals surface area contributed by atoms with Crippen molar-refractivity contribution in [1.29, 1.82) is 0 Å². The van der Waals surface area contributed by atoms with E-state index >= 15 is 0 Å². The third-order valence-electron chi connectivity index (χ3n) is 5.46. The summed E-state index contributed by atoms with van der Waals surface area (Å²) in [6.07, 6.45) is 0.162. The maximum absolute atomic E-state index is 13.3. The summed E-state index contributed by atoms with van der Waals surface area (Å²) in [4.78, 5) is 24.4. The van der Waals surface area contributed by atoms with E-state index < -0.39 is 28.1 Å². The number of carbonyl (C=O) groups excluding carboxylic acids is 2. The van der Waals surface area contributed by atoms with Crippen molar-refractivity contribution >= 4 is 21.8 Å². The van der Waals surface area contributed by atoms with Gasteiger partial charge in [-0.15, -0.1) is 0 Å². The number of ether oxygens (including phenoxy) is 3. The van der Waals surface area contributed by atoms with Crippen LogP contribution in [-0.4, -0.2) is 70.2 Å². The molecule has 0 saturated carbocycles. The van der Waals surface area contributed by atoms with Gasteiger partial charge in [-0.1, -0.05) is 30.3 Å². The Hall–Kier alpha value is -3.15. The maximum atomic E-state index is 13.3. The zero-order chi connectivity index (χ0) is 24.0. The molecule has 2 aromatic rings. The summed E-state index contributed by atoms with van der Waals surface area (Å²) in [6.45, 7) is 1.46. The molecule has 2 aliphatic rings. The quantitative estimate of drug-likeness (QED) is 0.548. The van der Waals surface area contributed by atoms with Crippen LogP contribution in [0.1, 0.15) is 12.0 Å². The van der Waals surface area contributed by atoms with Gasteiger partial charge in [-0.3, -0.25) is 9.59 Å². The summed E-state index contributed by atoms with van der Waals surface area (Å²) in [6, 6.07) is 14.0. The van der Waals surface area contributed by atoms with E-state index in [0.717, 1.165) is 5.56 Å². The fourth-order valence-corrected chi connectivity index (χ4v) is 5.31. The summed E-state index contributed by atoms with van der Waals surface area (Å²) in [7, 11) is -3.94. The van der Waals surface area contributed by atoms with Crippen molar-refractivity contribution < 1.29 is 32.2 Å². The normalized spacial score (nSPS) is 18.2. The summed E-state index contributed by atoms with van der Waals surface area (Å²) in [5.74, 6) is -0.781. The van der Waals surface area contributed by atoms with E-state index in [2.05, 4.69) is 10.6 Å². The molecule has 2 heterocycles. The molecule has 2 aromatic carbocycles. The van der Waals surface area contributed by atoms with Crippen molar-refractivity contribution in [2.24, 2.45) is 0 Å². The molecule has 0 bridgehead atoms. The number of hydrogen-bond donors (Lipinski definition) is 2. The number of nitrogens with zero attached hydrogens (tertiary/aromatic N) is 1. The van der Waals surface area contributed by atoms with Gasteiger partial charge in [0.05, 0.1) is 18.0 Å². The van der Waals surface area contributed by atoms with Crippen molar-refractivity contribution in [2.45, 2.75) is 24.0 Å². The fraction of sp³-hybridized carbons (Fsp3) is 0.391. The number of amides is 2. The Morgan fingerprint density at radius 3 is 2.47 bits per heavy atom. The lowest BCUT2D eigenvalue weighted by Gasteiger charge is -2.34. The van der Waals surface area contributed by atoms with E-state index in [4.69, 9.17) is 14.2 Å². The highest BCUT2D eigenvalue weighted by molar-refractivity contribution is 7.89. The van der Waals surface area contributed by atoms with E-state index in [-0.39, 0.29) is 18.0 Å². The SMILES string of the molecule is O=C(NCCc1ccccc1)C(=O)NC[C@@H]1OCCCN1S(=O)(=O)c1ccc2c(c1)OCCO2. The van der Waals surface area contributed by atoms with E-state index in [1.54, 1.807) is 6.07 Å². The number of benzene rings is 2. The van der Waals surface area contributed by atoms with Gasteiger partial charge in [0.25, 0.3) is 0 Å². The van der Waals surface area contributed by atoms with Crippen molar-refractivity contribution in [3.8, 4) is 11.5 Å². The van der Waals surface area contributed by atoms with Gasteiger partial charge in [-0.05, 0) is 30.5 Å². The monoisotopic (exact) mass is 489 g/mol. The lowest BCUT2D eigenvalue weighted by atomic mass is 10.1. The standard InChI is InChI=1S/C23H27N3O7S/c27-22(24-10-9-17-5-2-1-3-6-17)23(28)25-16-21-26(11-4-12-33-21)34(29,30)18-7-8-19-20(15-18)32-14-13-31-19/h1-3,5-8,15,21H,4,9-14,16H2,(H,24,27)(H,25,28)/t21-/m0/s1. The molecule has 34 heavy (non-hydrogen) atoms. The van der Waals surface area contributed by atoms with Gasteiger partial charge in [0, 0.05) is 19.2 Å². The number of carbonyl (C=O) groups is 2. The van der Waals surface area contributed by atoms with Crippen LogP contribution in [0.3, 0.4) is 0 Å². The molecular formula is C23H27N3O7S. The van der Waals surface area contributed by atoms with Crippen molar-refractivity contribution in [3.63, 3.8) is 0 Å². The van der Waals surface area contributed by atoms with E-state index in [1.165, 1.54) is 16.4 Å². The Labute approximate surface area is 198 Å². The molecule has 1 saturated heterocycles. The molecule has 0 unspecified atom stereocenters. The molecule has 1 atom stereocenters. The van der Waals surface area contributed by atoms with Crippen LogP contribution in [0.2, 0.25) is 0 Å². The van der Waals surface area contributed by atoms with Gasteiger partial charge in [0.1, 0.15) is 19.4 Å². The van der Waals surface area contributed by atoms with Gasteiger partial charge in [0.2, 0.25) is 10.0 Å². The maximum Gasteiger partial charge on any atom is 0.309 e. The van der Waals surface area contributed by atoms with Crippen LogP contribution >= 0.6 is 0 Å². The summed E-state index contributed by atoms with van der Waals surface area (Å²) in [5.41, 5.74) is 1.04. The lowest BCUT2D eigenvalue weighted by molar-refractivity contribution is -0.140. The smallest absolute Gasteiger partial charge is 0.309 e. The minimum atomic E-state index is -3.94. The molecule has 0 spiro atoms. The summed E-state index contributed by atoms with van der Waals surface area (Å²) < 4.78 is 44.4. The van der Waals surface area contributed by atoms with Gasteiger partial charge in [0.15, 0.2) is 11.5 Å². The van der Waals surface area contributed by atoms with Gasteiger partial charge >= 0.3 is 11.8 Å². The average molecular weight is 490 g/mol. The van der Waals surface area contributed by atoms with Crippen molar-refractivity contribution in [1.82, 2.24) is 14.9 Å². The van der Waals surface area contributed by atoms with Crippen LogP contribution in [0.5, 0.6) is 11.5 Å². The first kappa shape index (κ1) is 24.0. The Morgan fingerprint density at radius 1 is 0.941 bits per heavy atom. The fourth-order valence-electron chi connectivity index (χ4n) is 3.73. The minimum Gasteiger partial charge on any atom is -0.486 e. The van der Waals surface area contributed by atoms with Gasteiger partial charge < -0.3 is 24.8 Å². The average Bonchev–Trinajstić information content (AvgIpc) is 2.87. The lowest BCUT2D eigenvalue weighted by Crippen LogP contribution is -2.53. The van der Waals surface area contributed by atoms with Crippen LogP contribution in [0.15, 0.2) is 53.4 Å². The van der Waals surface area contributed by atoms with Crippen molar-refractivity contribution in [2.75, 3.05) is 39.5 Å².